The zero-order chi connectivity index (χ0) is 18.0. The third-order valence-corrected chi connectivity index (χ3v) is 7.51. The Bertz CT molecular complexity index is 862. The number of benzene rings is 2. The average Bonchev–Trinajstić information content (AvgIpc) is 3.02. The maximum absolute atomic E-state index is 12.8. The number of thiophene rings is 1. The molecule has 1 heterocycles. The summed E-state index contributed by atoms with van der Waals surface area (Å²) in [5.41, 5.74) is 1.18. The quantitative estimate of drug-likeness (QED) is 0.562. The summed E-state index contributed by atoms with van der Waals surface area (Å²) in [5.74, 6) is 0. The van der Waals surface area contributed by atoms with Gasteiger partial charge in [-0.3, -0.25) is 0 Å². The Kier molecular flexibility index (Phi) is 5.68. The highest BCUT2D eigenvalue weighted by molar-refractivity contribution is 7.98. The summed E-state index contributed by atoms with van der Waals surface area (Å²) in [5, 5.41) is 1.23. The van der Waals surface area contributed by atoms with Gasteiger partial charge in [-0.05, 0) is 56.2 Å². The molecule has 1 aromatic heterocycles. The molecule has 0 spiro atoms. The minimum Gasteiger partial charge on any atom is -0.242 e. The second-order valence-electron chi connectivity index (χ2n) is 6.86. The summed E-state index contributed by atoms with van der Waals surface area (Å²) in [4.78, 5) is 2.41. The smallest absolute Gasteiger partial charge is 0.0979 e. The van der Waals surface area contributed by atoms with Gasteiger partial charge in [-0.15, -0.1) is 23.1 Å². The van der Waals surface area contributed by atoms with Crippen molar-refractivity contribution >= 4 is 44.2 Å². The fraction of sp³-hybridized carbons (Fsp3) is 0.300. The molecule has 0 unspecified atom stereocenters. The van der Waals surface area contributed by atoms with Crippen molar-refractivity contribution in [3.8, 4) is 0 Å². The topological polar surface area (TPSA) is 29.1 Å². The number of fused-ring (bicyclic) bond motifs is 1. The first-order valence-electron chi connectivity index (χ1n) is 8.19. The van der Waals surface area contributed by atoms with E-state index >= 15 is 0 Å². The predicted octanol–water partition coefficient (Wildman–Crippen LogP) is 5.76. The molecule has 0 aliphatic carbocycles. The molecule has 0 fully saturated rings. The minimum absolute atomic E-state index is 0.0823. The van der Waals surface area contributed by atoms with Crippen molar-refractivity contribution in [1.82, 2.24) is 4.72 Å². The lowest BCUT2D eigenvalue weighted by molar-refractivity contribution is 0.623. The van der Waals surface area contributed by atoms with Crippen molar-refractivity contribution in [1.29, 1.82) is 0 Å². The molecule has 132 valence electrons. The van der Waals surface area contributed by atoms with Crippen molar-refractivity contribution < 1.29 is 4.21 Å². The second kappa shape index (κ2) is 7.62. The Morgan fingerprint density at radius 3 is 2.44 bits per heavy atom. The molecule has 3 rings (SSSR count). The Balaban J connectivity index is 2.09. The van der Waals surface area contributed by atoms with Crippen LogP contribution in [0, 0.1) is 0 Å². The largest absolute Gasteiger partial charge is 0.242 e. The van der Waals surface area contributed by atoms with Gasteiger partial charge in [0.2, 0.25) is 0 Å². The Labute approximate surface area is 160 Å². The molecule has 5 heteroatoms. The first-order chi connectivity index (χ1) is 11.9. The normalized spacial score (nSPS) is 14.6. The Morgan fingerprint density at radius 1 is 1.08 bits per heavy atom. The molecular formula is C20H23NOS3. The van der Waals surface area contributed by atoms with Gasteiger partial charge in [-0.2, -0.15) is 0 Å². The summed E-state index contributed by atoms with van der Waals surface area (Å²) in [7, 11) is -1.15. The van der Waals surface area contributed by atoms with Crippen LogP contribution in [0.5, 0.6) is 0 Å². The first-order valence-corrected chi connectivity index (χ1v) is 11.4. The predicted molar refractivity (Wildman–Crippen MR) is 113 cm³/mol. The van der Waals surface area contributed by atoms with E-state index in [0.29, 0.717) is 0 Å². The maximum Gasteiger partial charge on any atom is 0.0979 e. The molecule has 0 aliphatic heterocycles. The minimum atomic E-state index is -1.15. The number of hydrogen-bond donors (Lipinski definition) is 1. The zero-order valence-electron chi connectivity index (χ0n) is 14.9. The highest BCUT2D eigenvalue weighted by Crippen LogP contribution is 2.37. The van der Waals surface area contributed by atoms with E-state index in [1.54, 1.807) is 23.1 Å². The van der Waals surface area contributed by atoms with Crippen molar-refractivity contribution in [3.05, 3.63) is 65.0 Å². The number of thioether (sulfide) groups is 1. The van der Waals surface area contributed by atoms with Crippen LogP contribution in [0.1, 0.15) is 37.3 Å². The van der Waals surface area contributed by atoms with Crippen LogP contribution in [0.3, 0.4) is 0 Å². The molecule has 0 saturated carbocycles. The van der Waals surface area contributed by atoms with Gasteiger partial charge in [-0.1, -0.05) is 36.4 Å². The molecule has 0 bridgehead atoms. The van der Waals surface area contributed by atoms with Gasteiger partial charge in [0.25, 0.3) is 0 Å². The van der Waals surface area contributed by atoms with Crippen molar-refractivity contribution in [2.24, 2.45) is 0 Å². The van der Waals surface area contributed by atoms with E-state index in [1.165, 1.54) is 25.4 Å². The average molecular weight is 390 g/mol. The van der Waals surface area contributed by atoms with E-state index in [9.17, 15) is 4.21 Å². The Morgan fingerprint density at radius 2 is 1.76 bits per heavy atom. The van der Waals surface area contributed by atoms with Gasteiger partial charge in [-0.25, -0.2) is 8.93 Å². The zero-order valence-corrected chi connectivity index (χ0v) is 17.4. The van der Waals surface area contributed by atoms with Crippen LogP contribution in [0.25, 0.3) is 10.1 Å². The van der Waals surface area contributed by atoms with Gasteiger partial charge in [0, 0.05) is 14.5 Å². The standard InChI is InChI=1S/C20H23NOS3/c1-20(2,3)25(22)21-19(15-10-6-8-12-17(15)23-4)18-13-14-9-5-7-11-16(14)24-18/h5-13,19,21H,1-4H3/t19-,25-/m0/s1. The van der Waals surface area contributed by atoms with Crippen LogP contribution in [-0.2, 0) is 11.0 Å². The summed E-state index contributed by atoms with van der Waals surface area (Å²) < 4.78 is 17.2. The van der Waals surface area contributed by atoms with E-state index in [2.05, 4.69) is 65.6 Å². The molecule has 1 N–H and O–H groups in total. The van der Waals surface area contributed by atoms with Crippen molar-refractivity contribution in [2.75, 3.05) is 6.26 Å². The SMILES string of the molecule is CSc1ccccc1[C@H](N[S@@](=O)C(C)(C)C)c1cc2ccccc2s1. The van der Waals surface area contributed by atoms with Crippen molar-refractivity contribution in [2.45, 2.75) is 36.5 Å². The summed E-state index contributed by atoms with van der Waals surface area (Å²) in [6.45, 7) is 6.00. The van der Waals surface area contributed by atoms with Gasteiger partial charge < -0.3 is 0 Å². The third kappa shape index (κ3) is 4.17. The number of rotatable bonds is 5. The maximum atomic E-state index is 12.8. The van der Waals surface area contributed by atoms with E-state index in [1.807, 2.05) is 20.8 Å². The summed E-state index contributed by atoms with van der Waals surface area (Å²) in [6, 6.07) is 18.9. The highest BCUT2D eigenvalue weighted by Gasteiger charge is 2.27. The number of nitrogens with one attached hydrogen (secondary N) is 1. The fourth-order valence-electron chi connectivity index (χ4n) is 2.61. The second-order valence-corrected chi connectivity index (χ2v) is 10.8. The van der Waals surface area contributed by atoms with Crippen LogP contribution in [0.15, 0.2) is 59.5 Å². The van der Waals surface area contributed by atoms with Gasteiger partial charge in [0.1, 0.15) is 0 Å². The molecule has 3 aromatic rings. The Hall–Kier alpha value is -1.14. The molecule has 0 amide bonds. The molecule has 0 saturated heterocycles. The third-order valence-electron chi connectivity index (χ3n) is 3.96. The van der Waals surface area contributed by atoms with E-state index in [0.717, 1.165) is 0 Å². The fourth-order valence-corrected chi connectivity index (χ4v) is 5.28. The van der Waals surface area contributed by atoms with E-state index < -0.39 is 11.0 Å². The molecular weight excluding hydrogens is 366 g/mol. The highest BCUT2D eigenvalue weighted by atomic mass is 32.2. The van der Waals surface area contributed by atoms with Crippen LogP contribution in [-0.4, -0.2) is 15.2 Å². The van der Waals surface area contributed by atoms with Crippen LogP contribution in [0.2, 0.25) is 0 Å². The van der Waals surface area contributed by atoms with E-state index in [-0.39, 0.29) is 10.8 Å². The lowest BCUT2D eigenvalue weighted by Gasteiger charge is -2.25. The van der Waals surface area contributed by atoms with E-state index in [4.69, 9.17) is 0 Å². The summed E-state index contributed by atoms with van der Waals surface area (Å²) in [6.07, 6.45) is 2.08. The number of hydrogen-bond acceptors (Lipinski definition) is 3. The van der Waals surface area contributed by atoms with Crippen LogP contribution < -0.4 is 4.72 Å². The van der Waals surface area contributed by atoms with Gasteiger partial charge >= 0.3 is 0 Å². The lowest BCUT2D eigenvalue weighted by Crippen LogP contribution is -2.36. The lowest BCUT2D eigenvalue weighted by atomic mass is 10.1. The van der Waals surface area contributed by atoms with Crippen molar-refractivity contribution in [3.63, 3.8) is 0 Å². The molecule has 2 nitrogen and oxygen atoms in total. The van der Waals surface area contributed by atoms with Crippen LogP contribution >= 0.6 is 23.1 Å². The molecule has 25 heavy (non-hydrogen) atoms. The molecule has 2 atom stereocenters. The molecule has 2 aromatic carbocycles. The molecule has 0 radical (unpaired) electrons. The monoisotopic (exact) mass is 389 g/mol. The first kappa shape index (κ1) is 18.6. The summed E-state index contributed by atoms with van der Waals surface area (Å²) >= 11 is 3.49. The van der Waals surface area contributed by atoms with Gasteiger partial charge in [0.05, 0.1) is 21.8 Å². The van der Waals surface area contributed by atoms with Crippen LogP contribution in [0.4, 0.5) is 0 Å². The van der Waals surface area contributed by atoms with Gasteiger partial charge in [0.15, 0.2) is 0 Å². The molecule has 0 aliphatic rings.